The van der Waals surface area contributed by atoms with Gasteiger partial charge in [-0.3, -0.25) is 9.59 Å². The number of nitrogens with two attached hydrogens (primary N) is 1. The van der Waals surface area contributed by atoms with E-state index in [1.807, 2.05) is 12.1 Å². The first-order valence-corrected chi connectivity index (χ1v) is 8.35. The number of carbonyl (C=O) groups excluding carboxylic acids is 2. The van der Waals surface area contributed by atoms with E-state index in [1.54, 1.807) is 24.3 Å². The Labute approximate surface area is 145 Å². The van der Waals surface area contributed by atoms with E-state index in [1.165, 1.54) is 5.56 Å². The summed E-state index contributed by atoms with van der Waals surface area (Å²) in [5, 5.41) is 9.70. The molecule has 2 atom stereocenters. The molecule has 6 nitrogen and oxygen atoms in total. The zero-order chi connectivity index (χ0) is 17.4. The standard InChI is InChI=1S/C19H20N4O2/c20-17(24)12-5-7-13(8-6-12)23-18(25)16-9-19(11-22-16)10-21-15-4-2-1-3-14(15)19/h1-8,16,21-22H,9-11H2,(H2,20,24)(H,23,25). The number of fused-ring (bicyclic) bond motifs is 2. The van der Waals surface area contributed by atoms with Crippen molar-refractivity contribution in [2.75, 3.05) is 23.7 Å². The Morgan fingerprint density at radius 3 is 2.60 bits per heavy atom. The number of amides is 2. The van der Waals surface area contributed by atoms with Gasteiger partial charge >= 0.3 is 0 Å². The number of hydrogen-bond donors (Lipinski definition) is 4. The van der Waals surface area contributed by atoms with Crippen LogP contribution in [0.1, 0.15) is 22.3 Å². The van der Waals surface area contributed by atoms with Gasteiger partial charge in [0.2, 0.25) is 11.8 Å². The Morgan fingerprint density at radius 1 is 1.08 bits per heavy atom. The van der Waals surface area contributed by atoms with Crippen LogP contribution in [-0.2, 0) is 10.2 Å². The molecule has 6 heteroatoms. The molecule has 0 bridgehead atoms. The molecule has 2 amide bonds. The van der Waals surface area contributed by atoms with E-state index >= 15 is 0 Å². The molecular weight excluding hydrogens is 316 g/mol. The first-order valence-electron chi connectivity index (χ1n) is 8.35. The summed E-state index contributed by atoms with van der Waals surface area (Å²) in [6, 6.07) is 14.6. The summed E-state index contributed by atoms with van der Waals surface area (Å²) >= 11 is 0. The van der Waals surface area contributed by atoms with Crippen molar-refractivity contribution in [2.45, 2.75) is 17.9 Å². The molecule has 4 rings (SSSR count). The van der Waals surface area contributed by atoms with E-state index in [9.17, 15) is 9.59 Å². The molecule has 128 valence electrons. The molecule has 1 spiro atoms. The van der Waals surface area contributed by atoms with E-state index in [2.05, 4.69) is 28.1 Å². The summed E-state index contributed by atoms with van der Waals surface area (Å²) in [5.41, 5.74) is 8.71. The second-order valence-electron chi connectivity index (χ2n) is 6.75. The number of para-hydroxylation sites is 1. The Balaban J connectivity index is 1.45. The van der Waals surface area contributed by atoms with Crippen molar-refractivity contribution in [2.24, 2.45) is 5.73 Å². The van der Waals surface area contributed by atoms with Crippen LogP contribution in [0.4, 0.5) is 11.4 Å². The number of carbonyl (C=O) groups is 2. The minimum absolute atomic E-state index is 0.0333. The fraction of sp³-hybridized carbons (Fsp3) is 0.263. The van der Waals surface area contributed by atoms with Gasteiger partial charge in [-0.1, -0.05) is 18.2 Å². The lowest BCUT2D eigenvalue weighted by Gasteiger charge is -2.22. The summed E-state index contributed by atoms with van der Waals surface area (Å²) in [6.45, 7) is 1.62. The van der Waals surface area contributed by atoms with E-state index in [-0.39, 0.29) is 17.4 Å². The summed E-state index contributed by atoms with van der Waals surface area (Å²) in [4.78, 5) is 23.7. The molecule has 2 heterocycles. The summed E-state index contributed by atoms with van der Waals surface area (Å²) in [5.74, 6) is -0.544. The van der Waals surface area contributed by atoms with Crippen molar-refractivity contribution >= 4 is 23.2 Å². The molecule has 5 N–H and O–H groups in total. The highest BCUT2D eigenvalue weighted by molar-refractivity contribution is 5.97. The Kier molecular flexibility index (Phi) is 3.69. The molecule has 0 aromatic heterocycles. The quantitative estimate of drug-likeness (QED) is 0.682. The van der Waals surface area contributed by atoms with Crippen LogP contribution in [0.3, 0.4) is 0 Å². The molecule has 0 saturated carbocycles. The molecule has 1 saturated heterocycles. The normalized spacial score (nSPS) is 23.9. The maximum Gasteiger partial charge on any atom is 0.248 e. The minimum atomic E-state index is -0.482. The van der Waals surface area contributed by atoms with Gasteiger partial charge in [-0.15, -0.1) is 0 Å². The first kappa shape index (κ1) is 15.7. The van der Waals surface area contributed by atoms with Crippen molar-refractivity contribution < 1.29 is 9.59 Å². The topological polar surface area (TPSA) is 96.2 Å². The van der Waals surface area contributed by atoms with Gasteiger partial charge in [0.25, 0.3) is 0 Å². The summed E-state index contributed by atoms with van der Waals surface area (Å²) < 4.78 is 0. The van der Waals surface area contributed by atoms with Crippen molar-refractivity contribution in [1.82, 2.24) is 5.32 Å². The average Bonchev–Trinajstić information content (AvgIpc) is 3.21. The SMILES string of the molecule is NC(=O)c1ccc(NC(=O)C2CC3(CNc4ccccc43)CN2)cc1. The highest BCUT2D eigenvalue weighted by Gasteiger charge is 2.46. The van der Waals surface area contributed by atoms with E-state index in [4.69, 9.17) is 5.73 Å². The number of rotatable bonds is 3. The van der Waals surface area contributed by atoms with Crippen LogP contribution >= 0.6 is 0 Å². The Hall–Kier alpha value is -2.86. The number of hydrogen-bond acceptors (Lipinski definition) is 4. The van der Waals surface area contributed by atoms with Crippen molar-refractivity contribution in [3.63, 3.8) is 0 Å². The minimum Gasteiger partial charge on any atom is -0.384 e. The smallest absolute Gasteiger partial charge is 0.248 e. The van der Waals surface area contributed by atoms with Gasteiger partial charge in [0, 0.05) is 35.4 Å². The fourth-order valence-corrected chi connectivity index (χ4v) is 3.79. The number of benzene rings is 2. The lowest BCUT2D eigenvalue weighted by atomic mass is 9.80. The van der Waals surface area contributed by atoms with Crippen LogP contribution in [0.5, 0.6) is 0 Å². The van der Waals surface area contributed by atoms with Gasteiger partial charge < -0.3 is 21.7 Å². The highest BCUT2D eigenvalue weighted by Crippen LogP contribution is 2.42. The molecule has 2 aromatic rings. The van der Waals surface area contributed by atoms with Crippen LogP contribution < -0.4 is 21.7 Å². The summed E-state index contributed by atoms with van der Waals surface area (Å²) in [6.07, 6.45) is 0.752. The van der Waals surface area contributed by atoms with Gasteiger partial charge in [-0.2, -0.15) is 0 Å². The number of nitrogens with one attached hydrogen (secondary N) is 3. The van der Waals surface area contributed by atoms with Crippen molar-refractivity contribution in [3.05, 3.63) is 59.7 Å². The second kappa shape index (κ2) is 5.89. The molecule has 2 aliphatic rings. The molecule has 25 heavy (non-hydrogen) atoms. The van der Waals surface area contributed by atoms with Gasteiger partial charge in [0.15, 0.2) is 0 Å². The first-order chi connectivity index (χ1) is 12.1. The van der Waals surface area contributed by atoms with Gasteiger partial charge in [0.1, 0.15) is 0 Å². The predicted octanol–water partition coefficient (Wildman–Crippen LogP) is 1.45. The Bertz CT molecular complexity index is 834. The molecule has 0 radical (unpaired) electrons. The van der Waals surface area contributed by atoms with Crippen LogP contribution in [0.2, 0.25) is 0 Å². The molecular formula is C19H20N4O2. The van der Waals surface area contributed by atoms with E-state index < -0.39 is 5.91 Å². The van der Waals surface area contributed by atoms with E-state index in [0.29, 0.717) is 11.3 Å². The van der Waals surface area contributed by atoms with Crippen LogP contribution in [0, 0.1) is 0 Å². The second-order valence-corrected chi connectivity index (χ2v) is 6.75. The molecule has 2 aromatic carbocycles. The lowest BCUT2D eigenvalue weighted by Crippen LogP contribution is -2.35. The third-order valence-electron chi connectivity index (χ3n) is 5.15. The molecule has 2 unspecified atom stereocenters. The maximum absolute atomic E-state index is 12.6. The van der Waals surface area contributed by atoms with Gasteiger partial charge in [-0.05, 0) is 42.3 Å². The van der Waals surface area contributed by atoms with Gasteiger partial charge in [0.05, 0.1) is 6.04 Å². The van der Waals surface area contributed by atoms with Crippen molar-refractivity contribution in [3.8, 4) is 0 Å². The Morgan fingerprint density at radius 2 is 1.84 bits per heavy atom. The van der Waals surface area contributed by atoms with Crippen LogP contribution in [0.25, 0.3) is 0 Å². The number of primary amides is 1. The average molecular weight is 336 g/mol. The van der Waals surface area contributed by atoms with Crippen molar-refractivity contribution in [1.29, 1.82) is 0 Å². The van der Waals surface area contributed by atoms with Crippen LogP contribution in [0.15, 0.2) is 48.5 Å². The maximum atomic E-state index is 12.6. The zero-order valence-electron chi connectivity index (χ0n) is 13.7. The zero-order valence-corrected chi connectivity index (χ0v) is 13.7. The number of anilines is 2. The van der Waals surface area contributed by atoms with E-state index in [0.717, 1.165) is 25.2 Å². The highest BCUT2D eigenvalue weighted by atomic mass is 16.2. The molecule has 1 fully saturated rings. The largest absolute Gasteiger partial charge is 0.384 e. The molecule has 2 aliphatic heterocycles. The lowest BCUT2D eigenvalue weighted by molar-refractivity contribution is -0.117. The van der Waals surface area contributed by atoms with Gasteiger partial charge in [-0.25, -0.2) is 0 Å². The monoisotopic (exact) mass is 336 g/mol. The fourth-order valence-electron chi connectivity index (χ4n) is 3.79. The summed E-state index contributed by atoms with van der Waals surface area (Å²) in [7, 11) is 0. The third-order valence-corrected chi connectivity index (χ3v) is 5.15. The van der Waals surface area contributed by atoms with Crippen LogP contribution in [-0.4, -0.2) is 30.9 Å². The third kappa shape index (κ3) is 2.74. The predicted molar refractivity (Wildman–Crippen MR) is 96.6 cm³/mol. The molecule has 0 aliphatic carbocycles.